The van der Waals surface area contributed by atoms with Crippen molar-refractivity contribution in [2.75, 3.05) is 23.8 Å². The number of anilines is 2. The molecule has 0 spiro atoms. The first-order valence-electron chi connectivity index (χ1n) is 8.33. The van der Waals surface area contributed by atoms with Gasteiger partial charge in [-0.05, 0) is 36.4 Å². The van der Waals surface area contributed by atoms with Gasteiger partial charge in [0, 0.05) is 17.4 Å². The zero-order valence-corrected chi connectivity index (χ0v) is 14.2. The smallest absolute Gasteiger partial charge is 0.323 e. The molecule has 2 amide bonds. The Kier molecular flexibility index (Phi) is 6.09. The molecule has 0 radical (unpaired) electrons. The maximum absolute atomic E-state index is 12.0. The summed E-state index contributed by atoms with van der Waals surface area (Å²) in [6.45, 7) is 0.852. The van der Waals surface area contributed by atoms with E-state index in [0.29, 0.717) is 24.7 Å². The lowest BCUT2D eigenvalue weighted by molar-refractivity contribution is 0.217. The van der Waals surface area contributed by atoms with E-state index in [0.717, 1.165) is 11.4 Å². The van der Waals surface area contributed by atoms with Crippen LogP contribution in [-0.4, -0.2) is 19.2 Å². The lowest BCUT2D eigenvalue weighted by Crippen LogP contribution is -2.19. The maximum atomic E-state index is 12.0. The Morgan fingerprint density at radius 1 is 0.654 bits per heavy atom. The molecule has 0 saturated heterocycles. The summed E-state index contributed by atoms with van der Waals surface area (Å²) < 4.78 is 11.3. The minimum atomic E-state index is -0.305. The fraction of sp³-hybridized carbons (Fsp3) is 0.0952. The van der Waals surface area contributed by atoms with Crippen LogP contribution in [-0.2, 0) is 0 Å². The van der Waals surface area contributed by atoms with Crippen LogP contribution in [0.3, 0.4) is 0 Å². The molecule has 3 rings (SSSR count). The standard InChI is InChI=1S/C21H20N2O3/c24-21(22-17-8-3-1-4-9-17)23-18-10-7-13-20(16-18)26-15-14-25-19-11-5-2-6-12-19/h1-13,16H,14-15H2,(H2,22,23,24). The number of carbonyl (C=O) groups excluding carboxylic acids is 1. The number of carbonyl (C=O) groups is 1. The Labute approximate surface area is 152 Å². The van der Waals surface area contributed by atoms with Gasteiger partial charge in [0.15, 0.2) is 0 Å². The molecular formula is C21H20N2O3. The SMILES string of the molecule is O=C(Nc1ccccc1)Nc1cccc(OCCOc2ccccc2)c1. The van der Waals surface area contributed by atoms with Gasteiger partial charge in [-0.1, -0.05) is 42.5 Å². The highest BCUT2D eigenvalue weighted by molar-refractivity contribution is 5.99. The van der Waals surface area contributed by atoms with Gasteiger partial charge in [-0.15, -0.1) is 0 Å². The van der Waals surface area contributed by atoms with Crippen LogP contribution in [0.15, 0.2) is 84.9 Å². The molecule has 5 nitrogen and oxygen atoms in total. The van der Waals surface area contributed by atoms with Crippen molar-refractivity contribution < 1.29 is 14.3 Å². The molecule has 0 aliphatic heterocycles. The van der Waals surface area contributed by atoms with Crippen molar-refractivity contribution in [1.82, 2.24) is 0 Å². The summed E-state index contributed by atoms with van der Waals surface area (Å²) in [7, 11) is 0. The molecule has 2 N–H and O–H groups in total. The van der Waals surface area contributed by atoms with Gasteiger partial charge in [0.1, 0.15) is 24.7 Å². The number of nitrogens with one attached hydrogen (secondary N) is 2. The van der Waals surface area contributed by atoms with Crippen LogP contribution in [0.4, 0.5) is 16.2 Å². The Morgan fingerprint density at radius 2 is 1.19 bits per heavy atom. The molecule has 0 fully saturated rings. The topological polar surface area (TPSA) is 59.6 Å². The van der Waals surface area contributed by atoms with E-state index in [1.165, 1.54) is 0 Å². The third kappa shape index (κ3) is 5.56. The van der Waals surface area contributed by atoms with Crippen molar-refractivity contribution in [1.29, 1.82) is 0 Å². The van der Waals surface area contributed by atoms with Gasteiger partial charge in [0.25, 0.3) is 0 Å². The first kappa shape index (κ1) is 17.4. The van der Waals surface area contributed by atoms with E-state index < -0.39 is 0 Å². The summed E-state index contributed by atoms with van der Waals surface area (Å²) in [5, 5.41) is 5.56. The quantitative estimate of drug-likeness (QED) is 0.604. The molecule has 0 atom stereocenters. The third-order valence-electron chi connectivity index (χ3n) is 3.49. The van der Waals surface area contributed by atoms with Crippen molar-refractivity contribution in [3.05, 3.63) is 84.9 Å². The predicted octanol–water partition coefficient (Wildman–Crippen LogP) is 4.79. The van der Waals surface area contributed by atoms with E-state index in [-0.39, 0.29) is 6.03 Å². The van der Waals surface area contributed by atoms with Crippen LogP contribution in [0.5, 0.6) is 11.5 Å². The lowest BCUT2D eigenvalue weighted by Gasteiger charge is -2.11. The normalized spacial score (nSPS) is 10.0. The van der Waals surface area contributed by atoms with Crippen LogP contribution < -0.4 is 20.1 Å². The zero-order valence-electron chi connectivity index (χ0n) is 14.2. The first-order valence-corrected chi connectivity index (χ1v) is 8.33. The molecule has 0 aliphatic carbocycles. The monoisotopic (exact) mass is 348 g/mol. The molecule has 0 saturated carbocycles. The lowest BCUT2D eigenvalue weighted by atomic mass is 10.3. The second-order valence-electron chi connectivity index (χ2n) is 5.48. The number of urea groups is 1. The highest BCUT2D eigenvalue weighted by atomic mass is 16.5. The van der Waals surface area contributed by atoms with Crippen LogP contribution in [0.25, 0.3) is 0 Å². The first-order chi connectivity index (χ1) is 12.8. The Morgan fingerprint density at radius 3 is 1.92 bits per heavy atom. The van der Waals surface area contributed by atoms with E-state index in [2.05, 4.69) is 10.6 Å². The number of ether oxygens (including phenoxy) is 2. The van der Waals surface area contributed by atoms with E-state index in [9.17, 15) is 4.79 Å². The van der Waals surface area contributed by atoms with Gasteiger partial charge >= 0.3 is 6.03 Å². The number of benzene rings is 3. The molecular weight excluding hydrogens is 328 g/mol. The highest BCUT2D eigenvalue weighted by Gasteiger charge is 2.03. The van der Waals surface area contributed by atoms with Crippen molar-refractivity contribution in [3.63, 3.8) is 0 Å². The van der Waals surface area contributed by atoms with Crippen LogP contribution in [0, 0.1) is 0 Å². The molecule has 3 aromatic rings. The van der Waals surface area contributed by atoms with Crippen molar-refractivity contribution in [2.45, 2.75) is 0 Å². The van der Waals surface area contributed by atoms with Crippen LogP contribution in [0.2, 0.25) is 0 Å². The minimum absolute atomic E-state index is 0.305. The van der Waals surface area contributed by atoms with Crippen molar-refractivity contribution in [2.24, 2.45) is 0 Å². The number of hydrogen-bond acceptors (Lipinski definition) is 3. The molecule has 0 aliphatic rings. The Bertz CT molecular complexity index is 823. The largest absolute Gasteiger partial charge is 0.490 e. The zero-order chi connectivity index (χ0) is 18.0. The average molecular weight is 348 g/mol. The van der Waals surface area contributed by atoms with E-state index in [4.69, 9.17) is 9.47 Å². The fourth-order valence-electron chi connectivity index (χ4n) is 2.31. The van der Waals surface area contributed by atoms with Gasteiger partial charge in [-0.2, -0.15) is 0 Å². The third-order valence-corrected chi connectivity index (χ3v) is 3.49. The predicted molar refractivity (Wildman–Crippen MR) is 103 cm³/mol. The van der Waals surface area contributed by atoms with Crippen molar-refractivity contribution in [3.8, 4) is 11.5 Å². The second kappa shape index (κ2) is 9.13. The summed E-state index contributed by atoms with van der Waals surface area (Å²) >= 11 is 0. The minimum Gasteiger partial charge on any atom is -0.490 e. The highest BCUT2D eigenvalue weighted by Crippen LogP contribution is 2.18. The molecule has 0 unspecified atom stereocenters. The second-order valence-corrected chi connectivity index (χ2v) is 5.48. The summed E-state index contributed by atoms with van der Waals surface area (Å²) in [6, 6.07) is 25.8. The van der Waals surface area contributed by atoms with Gasteiger partial charge in [-0.3, -0.25) is 0 Å². The van der Waals surface area contributed by atoms with Crippen molar-refractivity contribution >= 4 is 17.4 Å². The molecule has 26 heavy (non-hydrogen) atoms. The summed E-state index contributed by atoms with van der Waals surface area (Å²) in [6.07, 6.45) is 0. The summed E-state index contributed by atoms with van der Waals surface area (Å²) in [5.74, 6) is 1.48. The number of hydrogen-bond donors (Lipinski definition) is 2. The molecule has 0 bridgehead atoms. The van der Waals surface area contributed by atoms with Gasteiger partial charge < -0.3 is 20.1 Å². The summed E-state index contributed by atoms with van der Waals surface area (Å²) in [5.41, 5.74) is 1.38. The number of rotatable bonds is 7. The van der Waals surface area contributed by atoms with Gasteiger partial charge in [0.2, 0.25) is 0 Å². The number of para-hydroxylation sites is 2. The molecule has 0 aromatic heterocycles. The molecule has 5 heteroatoms. The maximum Gasteiger partial charge on any atom is 0.323 e. The number of amides is 2. The van der Waals surface area contributed by atoms with Crippen LogP contribution in [0.1, 0.15) is 0 Å². The van der Waals surface area contributed by atoms with Crippen LogP contribution >= 0.6 is 0 Å². The average Bonchev–Trinajstić information content (AvgIpc) is 2.67. The van der Waals surface area contributed by atoms with E-state index in [1.54, 1.807) is 12.1 Å². The Balaban J connectivity index is 1.46. The van der Waals surface area contributed by atoms with Gasteiger partial charge in [0.05, 0.1) is 0 Å². The fourth-order valence-corrected chi connectivity index (χ4v) is 2.31. The molecule has 0 heterocycles. The van der Waals surface area contributed by atoms with E-state index >= 15 is 0 Å². The van der Waals surface area contributed by atoms with E-state index in [1.807, 2.05) is 72.8 Å². The molecule has 132 valence electrons. The van der Waals surface area contributed by atoms with Gasteiger partial charge in [-0.25, -0.2) is 4.79 Å². The molecule has 3 aromatic carbocycles. The summed E-state index contributed by atoms with van der Waals surface area (Å²) in [4.78, 5) is 12.0. The Hall–Kier alpha value is -3.47.